The Morgan fingerprint density at radius 2 is 1.95 bits per heavy atom. The maximum absolute atomic E-state index is 12.2. The average molecular weight is 325 g/mol. The van der Waals surface area contributed by atoms with Crippen LogP contribution in [0.4, 0.5) is 0 Å². The summed E-state index contributed by atoms with van der Waals surface area (Å²) in [5.41, 5.74) is 0.505. The van der Waals surface area contributed by atoms with Gasteiger partial charge >= 0.3 is 0 Å². The lowest BCUT2D eigenvalue weighted by Crippen LogP contribution is -2.28. The molecular weight excluding hydrogens is 310 g/mol. The summed E-state index contributed by atoms with van der Waals surface area (Å²) < 4.78 is 42.4. The van der Waals surface area contributed by atoms with Gasteiger partial charge in [0.15, 0.2) is 11.5 Å². The third-order valence-corrected chi connectivity index (χ3v) is 4.64. The summed E-state index contributed by atoms with van der Waals surface area (Å²) in [6.07, 6.45) is 1.79. The van der Waals surface area contributed by atoms with Gasteiger partial charge in [-0.25, -0.2) is 13.1 Å². The van der Waals surface area contributed by atoms with E-state index in [0.717, 1.165) is 0 Å². The largest absolute Gasteiger partial charge is 0.486 e. The molecule has 2 heterocycles. The summed E-state index contributed by atoms with van der Waals surface area (Å²) in [6.45, 7) is 0.660. The minimum Gasteiger partial charge on any atom is -0.486 e. The molecule has 1 atom stereocenters. The van der Waals surface area contributed by atoms with Gasteiger partial charge in [-0.2, -0.15) is 0 Å². The van der Waals surface area contributed by atoms with Crippen molar-refractivity contribution >= 4 is 10.0 Å². The Morgan fingerprint density at radius 1 is 1.18 bits per heavy atom. The Labute approximate surface area is 127 Å². The minimum absolute atomic E-state index is 0.0520. The van der Waals surface area contributed by atoms with Gasteiger partial charge in [-0.3, -0.25) is 0 Å². The summed E-state index contributed by atoms with van der Waals surface area (Å²) in [5, 5.41) is 9.88. The fraction of sp³-hybridized carbons (Fsp3) is 0.286. The first-order valence-corrected chi connectivity index (χ1v) is 8.14. The van der Waals surface area contributed by atoms with E-state index in [1.54, 1.807) is 12.1 Å². The van der Waals surface area contributed by atoms with Crippen LogP contribution >= 0.6 is 0 Å². The highest BCUT2D eigenvalue weighted by molar-refractivity contribution is 7.89. The summed E-state index contributed by atoms with van der Waals surface area (Å²) in [4.78, 5) is 0.0520. The number of hydrogen-bond acceptors (Lipinski definition) is 6. The van der Waals surface area contributed by atoms with Crippen molar-refractivity contribution in [2.45, 2.75) is 11.0 Å². The van der Waals surface area contributed by atoms with Gasteiger partial charge in [0.05, 0.1) is 23.5 Å². The highest BCUT2D eigenvalue weighted by atomic mass is 32.2. The number of sulfonamides is 1. The number of aliphatic hydroxyl groups is 1. The monoisotopic (exact) mass is 325 g/mol. The predicted molar refractivity (Wildman–Crippen MR) is 76.3 cm³/mol. The third-order valence-electron chi connectivity index (χ3n) is 3.22. The van der Waals surface area contributed by atoms with Crippen molar-refractivity contribution < 1.29 is 27.4 Å². The van der Waals surface area contributed by atoms with Gasteiger partial charge in [0, 0.05) is 18.2 Å². The first kappa shape index (κ1) is 14.9. The molecule has 8 heteroatoms. The van der Waals surface area contributed by atoms with Crippen molar-refractivity contribution in [1.82, 2.24) is 4.72 Å². The van der Waals surface area contributed by atoms with Crippen LogP contribution in [0.5, 0.6) is 11.5 Å². The Kier molecular flexibility index (Phi) is 4.06. The second-order valence-electron chi connectivity index (χ2n) is 4.73. The van der Waals surface area contributed by atoms with Gasteiger partial charge in [0.2, 0.25) is 10.0 Å². The zero-order valence-electron chi connectivity index (χ0n) is 11.6. The Balaban J connectivity index is 1.72. The molecule has 2 N–H and O–H groups in total. The number of rotatable bonds is 5. The first-order chi connectivity index (χ1) is 10.6. The fourth-order valence-electron chi connectivity index (χ4n) is 2.05. The molecule has 0 saturated heterocycles. The molecule has 0 saturated carbocycles. The molecule has 0 spiro atoms. The fourth-order valence-corrected chi connectivity index (χ4v) is 3.10. The molecule has 0 fully saturated rings. The number of fused-ring (bicyclic) bond motifs is 1. The van der Waals surface area contributed by atoms with Gasteiger partial charge in [-0.05, 0) is 18.2 Å². The second kappa shape index (κ2) is 5.99. The van der Waals surface area contributed by atoms with Crippen molar-refractivity contribution in [1.29, 1.82) is 0 Å². The maximum atomic E-state index is 12.2. The normalized spacial score (nSPS) is 15.5. The summed E-state index contributed by atoms with van der Waals surface area (Å²) in [5.74, 6) is 0.910. The van der Waals surface area contributed by atoms with Crippen LogP contribution in [0.1, 0.15) is 11.7 Å². The summed E-state index contributed by atoms with van der Waals surface area (Å²) >= 11 is 0. The van der Waals surface area contributed by atoms with E-state index >= 15 is 0 Å². The molecule has 0 aliphatic carbocycles. The highest BCUT2D eigenvalue weighted by Gasteiger charge is 2.20. The average Bonchev–Trinajstić information content (AvgIpc) is 3.07. The summed E-state index contributed by atoms with van der Waals surface area (Å²) in [6, 6.07) is 5.96. The van der Waals surface area contributed by atoms with E-state index in [2.05, 4.69) is 4.72 Å². The SMILES string of the molecule is O=S(=O)(NC[C@H](O)c1ccoc1)c1ccc2c(c1)OCCO2. The van der Waals surface area contributed by atoms with Gasteiger partial charge in [0.1, 0.15) is 13.2 Å². The third kappa shape index (κ3) is 3.08. The smallest absolute Gasteiger partial charge is 0.240 e. The molecule has 1 aliphatic rings. The van der Waals surface area contributed by atoms with E-state index in [9.17, 15) is 13.5 Å². The molecule has 1 aromatic heterocycles. The topological polar surface area (TPSA) is 98.0 Å². The molecule has 7 nitrogen and oxygen atoms in total. The number of benzene rings is 1. The van der Waals surface area contributed by atoms with E-state index in [4.69, 9.17) is 13.9 Å². The van der Waals surface area contributed by atoms with E-state index in [-0.39, 0.29) is 11.4 Å². The number of furan rings is 1. The number of hydrogen-bond donors (Lipinski definition) is 2. The van der Waals surface area contributed by atoms with Crippen LogP contribution < -0.4 is 14.2 Å². The van der Waals surface area contributed by atoms with Crippen molar-refractivity contribution in [3.63, 3.8) is 0 Å². The van der Waals surface area contributed by atoms with E-state index < -0.39 is 16.1 Å². The van der Waals surface area contributed by atoms with Crippen molar-refractivity contribution in [2.75, 3.05) is 19.8 Å². The molecule has 0 radical (unpaired) electrons. The molecular formula is C14H15NO6S. The lowest BCUT2D eigenvalue weighted by molar-refractivity contribution is 0.171. The molecule has 1 aliphatic heterocycles. The summed E-state index contributed by atoms with van der Waals surface area (Å²) in [7, 11) is -3.76. The lowest BCUT2D eigenvalue weighted by atomic mass is 10.2. The Morgan fingerprint density at radius 3 is 2.68 bits per heavy atom. The van der Waals surface area contributed by atoms with Crippen LogP contribution in [0.2, 0.25) is 0 Å². The second-order valence-corrected chi connectivity index (χ2v) is 6.50. The van der Waals surface area contributed by atoms with Crippen molar-refractivity contribution in [2.24, 2.45) is 0 Å². The number of ether oxygens (including phenoxy) is 2. The van der Waals surface area contributed by atoms with Crippen molar-refractivity contribution in [3.05, 3.63) is 42.4 Å². The zero-order chi connectivity index (χ0) is 15.6. The van der Waals surface area contributed by atoms with Crippen LogP contribution in [0.3, 0.4) is 0 Å². The van der Waals surface area contributed by atoms with E-state index in [0.29, 0.717) is 30.3 Å². The lowest BCUT2D eigenvalue weighted by Gasteiger charge is -2.19. The molecule has 3 rings (SSSR count). The highest BCUT2D eigenvalue weighted by Crippen LogP contribution is 2.32. The zero-order valence-corrected chi connectivity index (χ0v) is 12.4. The van der Waals surface area contributed by atoms with Crippen LogP contribution in [0, 0.1) is 0 Å². The molecule has 0 amide bonds. The van der Waals surface area contributed by atoms with Crippen LogP contribution in [-0.2, 0) is 10.0 Å². The van der Waals surface area contributed by atoms with Gasteiger partial charge < -0.3 is 19.0 Å². The molecule has 2 aromatic rings. The first-order valence-electron chi connectivity index (χ1n) is 6.66. The van der Waals surface area contributed by atoms with E-state index in [1.165, 1.54) is 24.7 Å². The molecule has 0 bridgehead atoms. The number of aliphatic hydroxyl groups excluding tert-OH is 1. The molecule has 1 aromatic carbocycles. The Hall–Kier alpha value is -2.03. The molecule has 22 heavy (non-hydrogen) atoms. The molecule has 118 valence electrons. The van der Waals surface area contributed by atoms with Crippen LogP contribution in [0.25, 0.3) is 0 Å². The maximum Gasteiger partial charge on any atom is 0.240 e. The van der Waals surface area contributed by atoms with Gasteiger partial charge in [-0.1, -0.05) is 0 Å². The van der Waals surface area contributed by atoms with Crippen LogP contribution in [0.15, 0.2) is 46.1 Å². The quantitative estimate of drug-likeness (QED) is 0.853. The van der Waals surface area contributed by atoms with E-state index in [1.807, 2.05) is 0 Å². The molecule has 0 unspecified atom stereocenters. The van der Waals surface area contributed by atoms with Crippen molar-refractivity contribution in [3.8, 4) is 11.5 Å². The predicted octanol–water partition coefficient (Wildman–Crippen LogP) is 1.06. The standard InChI is InChI=1S/C14H15NO6S/c16-12(10-3-4-19-9-10)8-15-22(17,18)11-1-2-13-14(7-11)21-6-5-20-13/h1-4,7,9,12,15-16H,5-6,8H2/t12-/m0/s1. The van der Waals surface area contributed by atoms with Gasteiger partial charge in [0.25, 0.3) is 0 Å². The minimum atomic E-state index is -3.76. The number of nitrogens with one attached hydrogen (secondary N) is 1. The Bertz CT molecular complexity index is 741. The van der Waals surface area contributed by atoms with Crippen LogP contribution in [-0.4, -0.2) is 33.3 Å². The van der Waals surface area contributed by atoms with Gasteiger partial charge in [-0.15, -0.1) is 0 Å².